The number of amides is 1. The monoisotopic (exact) mass is 389 g/mol. The van der Waals surface area contributed by atoms with Crippen molar-refractivity contribution >= 4 is 11.6 Å². The minimum Gasteiger partial charge on any atom is -0.470 e. The molecular weight excluding hydrogens is 362 g/mol. The SMILES string of the molecule is CC(=O)N1CCC2(CC1)Oc1ccc(C)cc1[C@H]1C=C(c3ccc(C)cc3)NN12. The van der Waals surface area contributed by atoms with Crippen LogP contribution in [0.5, 0.6) is 5.75 Å². The molecular formula is C24H27N3O2. The minimum atomic E-state index is -0.457. The fraction of sp³-hybridized carbons (Fsp3) is 0.375. The quantitative estimate of drug-likeness (QED) is 0.803. The number of likely N-dealkylation sites (tertiary alicyclic amines) is 1. The highest BCUT2D eigenvalue weighted by atomic mass is 16.5. The number of ether oxygens (including phenoxy) is 1. The first kappa shape index (κ1) is 18.3. The summed E-state index contributed by atoms with van der Waals surface area (Å²) in [5.41, 5.74) is 9.17. The topological polar surface area (TPSA) is 44.8 Å². The summed E-state index contributed by atoms with van der Waals surface area (Å²) in [7, 11) is 0. The second-order valence-corrected chi connectivity index (χ2v) is 8.47. The second kappa shape index (κ2) is 6.63. The number of hydrazine groups is 1. The average Bonchev–Trinajstić information content (AvgIpc) is 3.16. The standard InChI is InChI=1S/C24H27N3O2/c1-16-4-7-19(8-5-16)21-15-22-20-14-17(2)6-9-23(20)29-24(27(22)25-21)10-12-26(13-11-24)18(3)28/h4-9,14-15,22,25H,10-13H2,1-3H3/t22-/m1/s1. The molecule has 1 fully saturated rings. The molecule has 0 aromatic heterocycles. The maximum atomic E-state index is 11.8. The summed E-state index contributed by atoms with van der Waals surface area (Å²) in [6, 6.07) is 15.2. The van der Waals surface area contributed by atoms with Crippen LogP contribution in [0.2, 0.25) is 0 Å². The average molecular weight is 389 g/mol. The van der Waals surface area contributed by atoms with Crippen LogP contribution in [0.15, 0.2) is 48.5 Å². The smallest absolute Gasteiger partial charge is 0.219 e. The molecule has 5 heteroatoms. The zero-order chi connectivity index (χ0) is 20.2. The van der Waals surface area contributed by atoms with E-state index in [0.29, 0.717) is 13.1 Å². The molecule has 29 heavy (non-hydrogen) atoms. The largest absolute Gasteiger partial charge is 0.470 e. The first-order valence-corrected chi connectivity index (χ1v) is 10.4. The molecule has 3 aliphatic heterocycles. The summed E-state index contributed by atoms with van der Waals surface area (Å²) >= 11 is 0. The fourth-order valence-electron chi connectivity index (χ4n) is 4.71. The number of benzene rings is 2. The molecule has 0 bridgehead atoms. The highest BCUT2D eigenvalue weighted by molar-refractivity contribution is 5.73. The van der Waals surface area contributed by atoms with Crippen molar-refractivity contribution in [3.8, 4) is 5.75 Å². The second-order valence-electron chi connectivity index (χ2n) is 8.47. The van der Waals surface area contributed by atoms with Gasteiger partial charge in [-0.3, -0.25) is 4.79 Å². The van der Waals surface area contributed by atoms with Crippen LogP contribution in [0, 0.1) is 13.8 Å². The van der Waals surface area contributed by atoms with E-state index in [0.717, 1.165) is 24.3 Å². The Hall–Kier alpha value is -2.79. The van der Waals surface area contributed by atoms with E-state index in [-0.39, 0.29) is 11.9 Å². The predicted octanol–water partition coefficient (Wildman–Crippen LogP) is 3.94. The van der Waals surface area contributed by atoms with Gasteiger partial charge in [0.15, 0.2) is 5.72 Å². The van der Waals surface area contributed by atoms with Gasteiger partial charge in [0.05, 0.1) is 11.7 Å². The molecule has 1 spiro atoms. The third-order valence-corrected chi connectivity index (χ3v) is 6.42. The summed E-state index contributed by atoms with van der Waals surface area (Å²) in [5.74, 6) is 1.09. The predicted molar refractivity (Wildman–Crippen MR) is 113 cm³/mol. The number of aryl methyl sites for hydroxylation is 2. The Morgan fingerprint density at radius 2 is 1.76 bits per heavy atom. The maximum Gasteiger partial charge on any atom is 0.219 e. The Balaban J connectivity index is 1.54. The summed E-state index contributed by atoms with van der Waals surface area (Å²) < 4.78 is 6.65. The number of piperidine rings is 1. The van der Waals surface area contributed by atoms with Crippen molar-refractivity contribution in [2.75, 3.05) is 13.1 Å². The Morgan fingerprint density at radius 1 is 1.07 bits per heavy atom. The third kappa shape index (κ3) is 3.01. The molecule has 1 atom stereocenters. The van der Waals surface area contributed by atoms with Gasteiger partial charge in [0.2, 0.25) is 5.91 Å². The lowest BCUT2D eigenvalue weighted by Crippen LogP contribution is -2.64. The molecule has 2 aromatic rings. The van der Waals surface area contributed by atoms with E-state index in [1.165, 1.54) is 22.3 Å². The van der Waals surface area contributed by atoms with E-state index < -0.39 is 5.72 Å². The summed E-state index contributed by atoms with van der Waals surface area (Å²) in [5, 5.41) is 2.28. The van der Waals surface area contributed by atoms with E-state index in [2.05, 4.69) is 72.8 Å². The molecule has 150 valence electrons. The lowest BCUT2D eigenvalue weighted by Gasteiger charge is -2.51. The molecule has 0 unspecified atom stereocenters. The first-order chi connectivity index (χ1) is 13.9. The van der Waals surface area contributed by atoms with Gasteiger partial charge in [-0.15, -0.1) is 0 Å². The van der Waals surface area contributed by atoms with Gasteiger partial charge in [-0.05, 0) is 31.6 Å². The van der Waals surface area contributed by atoms with E-state index in [1.54, 1.807) is 6.92 Å². The van der Waals surface area contributed by atoms with Crippen molar-refractivity contribution in [3.05, 3.63) is 70.8 Å². The molecule has 3 aliphatic rings. The van der Waals surface area contributed by atoms with Gasteiger partial charge in [0, 0.05) is 38.4 Å². The number of nitrogens with zero attached hydrogens (tertiary/aromatic N) is 2. The van der Waals surface area contributed by atoms with Crippen LogP contribution in [-0.4, -0.2) is 34.6 Å². The highest BCUT2D eigenvalue weighted by Crippen LogP contribution is 2.48. The van der Waals surface area contributed by atoms with Crippen molar-refractivity contribution in [2.45, 2.75) is 45.4 Å². The number of hydrogen-bond acceptors (Lipinski definition) is 4. The zero-order valence-corrected chi connectivity index (χ0v) is 17.2. The normalized spacial score (nSPS) is 22.4. The molecule has 0 aliphatic carbocycles. The molecule has 5 rings (SSSR count). The van der Waals surface area contributed by atoms with Gasteiger partial charge in [-0.1, -0.05) is 47.5 Å². The molecule has 1 saturated heterocycles. The van der Waals surface area contributed by atoms with Crippen LogP contribution >= 0.6 is 0 Å². The van der Waals surface area contributed by atoms with E-state index in [9.17, 15) is 4.79 Å². The molecule has 2 aromatic carbocycles. The van der Waals surface area contributed by atoms with Crippen LogP contribution in [0.1, 0.15) is 48.1 Å². The van der Waals surface area contributed by atoms with Crippen LogP contribution < -0.4 is 10.2 Å². The number of fused-ring (bicyclic) bond motifs is 4. The Bertz CT molecular complexity index is 988. The molecule has 5 nitrogen and oxygen atoms in total. The van der Waals surface area contributed by atoms with Crippen molar-refractivity contribution in [3.63, 3.8) is 0 Å². The fourth-order valence-corrected chi connectivity index (χ4v) is 4.71. The van der Waals surface area contributed by atoms with Crippen molar-refractivity contribution < 1.29 is 9.53 Å². The van der Waals surface area contributed by atoms with Gasteiger partial charge >= 0.3 is 0 Å². The minimum absolute atomic E-state index is 0.110. The lowest BCUT2D eigenvalue weighted by atomic mass is 9.92. The highest BCUT2D eigenvalue weighted by Gasteiger charge is 2.51. The van der Waals surface area contributed by atoms with E-state index in [1.807, 2.05) is 4.90 Å². The van der Waals surface area contributed by atoms with Gasteiger partial charge in [0.1, 0.15) is 5.75 Å². The first-order valence-electron chi connectivity index (χ1n) is 10.4. The van der Waals surface area contributed by atoms with Crippen molar-refractivity contribution in [1.82, 2.24) is 15.3 Å². The van der Waals surface area contributed by atoms with Crippen LogP contribution in [0.25, 0.3) is 5.70 Å². The van der Waals surface area contributed by atoms with Crippen LogP contribution in [-0.2, 0) is 4.79 Å². The lowest BCUT2D eigenvalue weighted by molar-refractivity contribution is -0.165. The molecule has 0 radical (unpaired) electrons. The van der Waals surface area contributed by atoms with Crippen molar-refractivity contribution in [1.29, 1.82) is 0 Å². The Morgan fingerprint density at radius 3 is 2.45 bits per heavy atom. The van der Waals surface area contributed by atoms with Gasteiger partial charge in [0.25, 0.3) is 0 Å². The van der Waals surface area contributed by atoms with Gasteiger partial charge in [-0.25, -0.2) is 0 Å². The number of nitrogens with one attached hydrogen (secondary N) is 1. The van der Waals surface area contributed by atoms with Gasteiger partial charge in [-0.2, -0.15) is 5.01 Å². The maximum absolute atomic E-state index is 11.8. The van der Waals surface area contributed by atoms with Gasteiger partial charge < -0.3 is 15.1 Å². The van der Waals surface area contributed by atoms with Crippen LogP contribution in [0.4, 0.5) is 0 Å². The summed E-state index contributed by atoms with van der Waals surface area (Å²) in [6.45, 7) is 7.29. The molecule has 3 heterocycles. The number of rotatable bonds is 1. The third-order valence-electron chi connectivity index (χ3n) is 6.42. The molecule has 0 saturated carbocycles. The van der Waals surface area contributed by atoms with Crippen molar-refractivity contribution in [2.24, 2.45) is 0 Å². The number of carbonyl (C=O) groups is 1. The number of hydrogen-bond donors (Lipinski definition) is 1. The Labute approximate surface area is 171 Å². The summed E-state index contributed by atoms with van der Waals surface area (Å²) in [6.07, 6.45) is 3.86. The summed E-state index contributed by atoms with van der Waals surface area (Å²) in [4.78, 5) is 13.8. The van der Waals surface area contributed by atoms with E-state index in [4.69, 9.17) is 4.74 Å². The Kier molecular flexibility index (Phi) is 4.17. The van der Waals surface area contributed by atoms with E-state index >= 15 is 0 Å². The molecule has 1 amide bonds. The zero-order valence-electron chi connectivity index (χ0n) is 17.2. The van der Waals surface area contributed by atoms with Crippen LogP contribution in [0.3, 0.4) is 0 Å². The molecule has 1 N–H and O–H groups in total. The number of carbonyl (C=O) groups excluding carboxylic acids is 1.